The van der Waals surface area contributed by atoms with Crippen molar-refractivity contribution >= 4 is 5.91 Å². The molecule has 0 unspecified atom stereocenters. The molecule has 2 N–H and O–H groups in total. The summed E-state index contributed by atoms with van der Waals surface area (Å²) in [5.74, 6) is -0.791. The average molecular weight is 293 g/mol. The summed E-state index contributed by atoms with van der Waals surface area (Å²) in [5.41, 5.74) is 0.661. The van der Waals surface area contributed by atoms with Crippen LogP contribution in [0.2, 0.25) is 0 Å². The van der Waals surface area contributed by atoms with Gasteiger partial charge in [-0.2, -0.15) is 5.26 Å². The maximum absolute atomic E-state index is 13.8. The van der Waals surface area contributed by atoms with E-state index in [9.17, 15) is 9.18 Å². The summed E-state index contributed by atoms with van der Waals surface area (Å²) in [7, 11) is 0. The number of nitrogens with one attached hydrogen (secondary N) is 2. The zero-order valence-corrected chi connectivity index (χ0v) is 12.3. The number of rotatable bonds is 8. The Morgan fingerprint density at radius 2 is 2.24 bits per heavy atom. The van der Waals surface area contributed by atoms with Gasteiger partial charge < -0.3 is 15.4 Å². The van der Waals surface area contributed by atoms with Crippen LogP contribution < -0.4 is 15.4 Å². The molecular weight excluding hydrogens is 273 g/mol. The van der Waals surface area contributed by atoms with Crippen molar-refractivity contribution in [2.24, 2.45) is 0 Å². The molecule has 0 bridgehead atoms. The summed E-state index contributed by atoms with van der Waals surface area (Å²) < 4.78 is 19.1. The molecule has 1 rings (SSSR count). The van der Waals surface area contributed by atoms with E-state index < -0.39 is 5.82 Å². The molecule has 0 spiro atoms. The first-order chi connectivity index (χ1) is 10.0. The number of nitrogens with zero attached hydrogens (tertiary/aromatic N) is 1. The fraction of sp³-hybridized carbons (Fsp3) is 0.467. The Balaban J connectivity index is 2.60. The van der Waals surface area contributed by atoms with Gasteiger partial charge in [-0.05, 0) is 6.07 Å². The van der Waals surface area contributed by atoms with E-state index >= 15 is 0 Å². The van der Waals surface area contributed by atoms with Crippen molar-refractivity contribution < 1.29 is 13.9 Å². The van der Waals surface area contributed by atoms with E-state index in [1.165, 1.54) is 6.07 Å². The molecule has 21 heavy (non-hydrogen) atoms. The number of hydrogen-bond acceptors (Lipinski definition) is 4. The van der Waals surface area contributed by atoms with Gasteiger partial charge in [-0.3, -0.25) is 4.79 Å². The minimum absolute atomic E-state index is 0.0843. The van der Waals surface area contributed by atoms with E-state index in [2.05, 4.69) is 10.6 Å². The average Bonchev–Trinajstić information content (AvgIpc) is 2.44. The molecule has 0 aliphatic rings. The van der Waals surface area contributed by atoms with Gasteiger partial charge in [0.2, 0.25) is 0 Å². The Bertz CT molecular complexity index is 512. The zero-order valence-electron chi connectivity index (χ0n) is 12.3. The fourth-order valence-electron chi connectivity index (χ4n) is 1.62. The highest BCUT2D eigenvalue weighted by Crippen LogP contribution is 2.22. The van der Waals surface area contributed by atoms with Crippen molar-refractivity contribution in [3.05, 3.63) is 29.6 Å². The molecule has 5 nitrogen and oxygen atoms in total. The summed E-state index contributed by atoms with van der Waals surface area (Å²) in [5, 5.41) is 14.1. The first-order valence-corrected chi connectivity index (χ1v) is 6.81. The topological polar surface area (TPSA) is 74.2 Å². The smallest absolute Gasteiger partial charge is 0.257 e. The first kappa shape index (κ1) is 16.9. The predicted octanol–water partition coefficient (Wildman–Crippen LogP) is 1.73. The zero-order chi connectivity index (χ0) is 15.7. The minimum atomic E-state index is -0.497. The monoisotopic (exact) mass is 293 g/mol. The minimum Gasteiger partial charge on any atom is -0.480 e. The van der Waals surface area contributed by atoms with Crippen molar-refractivity contribution in [2.45, 2.75) is 32.9 Å². The first-order valence-electron chi connectivity index (χ1n) is 6.81. The molecule has 1 aromatic rings. The second-order valence-corrected chi connectivity index (χ2v) is 4.81. The van der Waals surface area contributed by atoms with E-state index in [1.807, 2.05) is 19.9 Å². The number of ether oxygens (including phenoxy) is 1. The predicted molar refractivity (Wildman–Crippen MR) is 77.1 cm³/mol. The van der Waals surface area contributed by atoms with Gasteiger partial charge in [0.1, 0.15) is 0 Å². The van der Waals surface area contributed by atoms with E-state index in [4.69, 9.17) is 10.00 Å². The summed E-state index contributed by atoms with van der Waals surface area (Å²) in [6.07, 6.45) is 0.231. The molecule has 0 aliphatic carbocycles. The molecular formula is C15H20FN3O2. The van der Waals surface area contributed by atoms with Crippen molar-refractivity contribution in [3.8, 4) is 11.8 Å². The SMILES string of the molecule is CC(C)NCc1cccc(F)c1OCC(=O)NCCC#N. The van der Waals surface area contributed by atoms with Crippen LogP contribution in [-0.4, -0.2) is 25.1 Å². The second kappa shape index (κ2) is 8.93. The highest BCUT2D eigenvalue weighted by molar-refractivity contribution is 5.77. The quantitative estimate of drug-likeness (QED) is 0.716. The fourth-order valence-corrected chi connectivity index (χ4v) is 1.62. The van der Waals surface area contributed by atoms with Crippen LogP contribution in [0.3, 0.4) is 0 Å². The molecule has 114 valence electrons. The molecule has 1 aromatic carbocycles. The van der Waals surface area contributed by atoms with E-state index in [0.29, 0.717) is 12.1 Å². The van der Waals surface area contributed by atoms with Crippen LogP contribution in [0.4, 0.5) is 4.39 Å². The Kier molecular flexibility index (Phi) is 7.19. The van der Waals surface area contributed by atoms with Crippen LogP contribution in [0.25, 0.3) is 0 Å². The molecule has 6 heteroatoms. The number of carbonyl (C=O) groups is 1. The third-order valence-electron chi connectivity index (χ3n) is 2.66. The summed E-state index contributed by atoms with van der Waals surface area (Å²) >= 11 is 0. The number of benzene rings is 1. The van der Waals surface area contributed by atoms with Gasteiger partial charge in [0, 0.05) is 24.7 Å². The van der Waals surface area contributed by atoms with Crippen molar-refractivity contribution in [1.82, 2.24) is 10.6 Å². The van der Waals surface area contributed by atoms with Gasteiger partial charge in [0.25, 0.3) is 5.91 Å². The molecule has 1 amide bonds. The van der Waals surface area contributed by atoms with Gasteiger partial charge in [-0.1, -0.05) is 26.0 Å². The van der Waals surface area contributed by atoms with Gasteiger partial charge in [0.05, 0.1) is 12.5 Å². The lowest BCUT2D eigenvalue weighted by atomic mass is 10.2. The number of carbonyl (C=O) groups excluding carboxylic acids is 1. The highest BCUT2D eigenvalue weighted by Gasteiger charge is 2.12. The Labute approximate surface area is 124 Å². The van der Waals surface area contributed by atoms with Crippen molar-refractivity contribution in [3.63, 3.8) is 0 Å². The van der Waals surface area contributed by atoms with Gasteiger partial charge >= 0.3 is 0 Å². The third kappa shape index (κ3) is 6.23. The van der Waals surface area contributed by atoms with E-state index in [0.717, 1.165) is 0 Å². The molecule has 0 saturated heterocycles. The number of halogens is 1. The summed E-state index contributed by atoms with van der Waals surface area (Å²) in [6, 6.07) is 6.83. The number of amides is 1. The lowest BCUT2D eigenvalue weighted by Crippen LogP contribution is -2.30. The maximum atomic E-state index is 13.8. The van der Waals surface area contributed by atoms with Gasteiger partial charge in [0.15, 0.2) is 18.2 Å². The molecule has 0 heterocycles. The Morgan fingerprint density at radius 1 is 1.48 bits per heavy atom. The van der Waals surface area contributed by atoms with E-state index in [-0.39, 0.29) is 37.3 Å². The van der Waals surface area contributed by atoms with Crippen molar-refractivity contribution in [1.29, 1.82) is 5.26 Å². The normalized spacial score (nSPS) is 10.2. The lowest BCUT2D eigenvalue weighted by Gasteiger charge is -2.14. The summed E-state index contributed by atoms with van der Waals surface area (Å²) in [4.78, 5) is 11.5. The van der Waals surface area contributed by atoms with Crippen LogP contribution in [0.5, 0.6) is 5.75 Å². The van der Waals surface area contributed by atoms with Gasteiger partial charge in [-0.15, -0.1) is 0 Å². The Morgan fingerprint density at radius 3 is 2.90 bits per heavy atom. The molecule has 0 aromatic heterocycles. The molecule has 0 aliphatic heterocycles. The second-order valence-electron chi connectivity index (χ2n) is 4.81. The van der Waals surface area contributed by atoms with Gasteiger partial charge in [-0.25, -0.2) is 4.39 Å². The standard InChI is InChI=1S/C15H20FN3O2/c1-11(2)19-9-12-5-3-6-13(16)15(12)21-10-14(20)18-8-4-7-17/h3,5-6,11,19H,4,8-10H2,1-2H3,(H,18,20). The van der Waals surface area contributed by atoms with Crippen LogP contribution >= 0.6 is 0 Å². The van der Waals surface area contributed by atoms with Crippen LogP contribution in [0, 0.1) is 17.1 Å². The van der Waals surface area contributed by atoms with Crippen molar-refractivity contribution in [2.75, 3.05) is 13.2 Å². The molecule has 0 saturated carbocycles. The molecule has 0 radical (unpaired) electrons. The number of nitriles is 1. The molecule has 0 fully saturated rings. The number of para-hydroxylation sites is 1. The van der Waals surface area contributed by atoms with Crippen LogP contribution in [0.1, 0.15) is 25.8 Å². The number of hydrogen-bond donors (Lipinski definition) is 2. The third-order valence-corrected chi connectivity index (χ3v) is 2.66. The largest absolute Gasteiger partial charge is 0.480 e. The Hall–Kier alpha value is -2.13. The molecule has 0 atom stereocenters. The summed E-state index contributed by atoms with van der Waals surface area (Å²) in [6.45, 7) is 4.42. The highest BCUT2D eigenvalue weighted by atomic mass is 19.1. The van der Waals surface area contributed by atoms with Crippen LogP contribution in [-0.2, 0) is 11.3 Å². The van der Waals surface area contributed by atoms with Crippen LogP contribution in [0.15, 0.2) is 18.2 Å². The lowest BCUT2D eigenvalue weighted by molar-refractivity contribution is -0.123. The maximum Gasteiger partial charge on any atom is 0.257 e. The van der Waals surface area contributed by atoms with E-state index in [1.54, 1.807) is 12.1 Å².